The lowest BCUT2D eigenvalue weighted by atomic mass is 9.84. The molecule has 198 valence electrons. The molecular formula is C31H36N4O3. The number of hydrogen-bond acceptors (Lipinski definition) is 5. The van der Waals surface area contributed by atoms with Gasteiger partial charge < -0.3 is 21.1 Å². The molecule has 2 aliphatic rings. The molecule has 3 aromatic rings. The fourth-order valence-corrected chi connectivity index (χ4v) is 4.82. The van der Waals surface area contributed by atoms with E-state index in [1.807, 2.05) is 24.3 Å². The van der Waals surface area contributed by atoms with E-state index < -0.39 is 0 Å². The maximum Gasteiger partial charge on any atom is 0.251 e. The SMILES string of the molecule is CC(C)(C)c1cc(CN)cc(C(=O)NC2CCc3ccc(Oc4cccnc4NC(=O)C4CC4)cc3C2)c1. The van der Waals surface area contributed by atoms with E-state index in [-0.39, 0.29) is 29.2 Å². The largest absolute Gasteiger partial charge is 0.453 e. The molecule has 1 saturated carbocycles. The van der Waals surface area contributed by atoms with Crippen molar-refractivity contribution in [1.29, 1.82) is 0 Å². The third kappa shape index (κ3) is 6.05. The molecule has 0 radical (unpaired) electrons. The zero-order valence-corrected chi connectivity index (χ0v) is 22.3. The van der Waals surface area contributed by atoms with Gasteiger partial charge in [0.2, 0.25) is 5.91 Å². The summed E-state index contributed by atoms with van der Waals surface area (Å²) in [6, 6.07) is 15.6. The van der Waals surface area contributed by atoms with Crippen LogP contribution in [0.4, 0.5) is 5.82 Å². The number of nitrogens with zero attached hydrogens (tertiary/aromatic N) is 1. The second-order valence-corrected chi connectivity index (χ2v) is 11.4. The zero-order chi connectivity index (χ0) is 26.9. The number of pyridine rings is 1. The van der Waals surface area contributed by atoms with Crippen LogP contribution in [0.1, 0.15) is 72.6 Å². The molecule has 1 aromatic heterocycles. The number of rotatable bonds is 7. The number of aromatic nitrogens is 1. The molecule has 2 aromatic carbocycles. The quantitative estimate of drug-likeness (QED) is 0.400. The molecule has 7 heteroatoms. The molecule has 7 nitrogen and oxygen atoms in total. The molecule has 0 saturated heterocycles. The maximum atomic E-state index is 13.2. The maximum absolute atomic E-state index is 13.2. The van der Waals surface area contributed by atoms with E-state index in [0.717, 1.165) is 48.8 Å². The summed E-state index contributed by atoms with van der Waals surface area (Å²) in [4.78, 5) is 29.8. The zero-order valence-electron chi connectivity index (χ0n) is 22.3. The smallest absolute Gasteiger partial charge is 0.251 e. The van der Waals surface area contributed by atoms with E-state index in [2.05, 4.69) is 48.5 Å². The molecule has 38 heavy (non-hydrogen) atoms. The van der Waals surface area contributed by atoms with Crippen molar-refractivity contribution in [2.45, 2.75) is 70.9 Å². The van der Waals surface area contributed by atoms with Crippen molar-refractivity contribution >= 4 is 17.6 Å². The van der Waals surface area contributed by atoms with Gasteiger partial charge in [0.15, 0.2) is 11.6 Å². The predicted molar refractivity (Wildman–Crippen MR) is 148 cm³/mol. The second-order valence-electron chi connectivity index (χ2n) is 11.4. The Hall–Kier alpha value is -3.71. The minimum absolute atomic E-state index is 0.0100. The topological polar surface area (TPSA) is 106 Å². The highest BCUT2D eigenvalue weighted by atomic mass is 16.5. The van der Waals surface area contributed by atoms with Crippen LogP contribution >= 0.6 is 0 Å². The number of hydrogen-bond donors (Lipinski definition) is 3. The highest BCUT2D eigenvalue weighted by Gasteiger charge is 2.30. The number of ether oxygens (including phenoxy) is 1. The average Bonchev–Trinajstić information content (AvgIpc) is 3.75. The Labute approximate surface area is 224 Å². The van der Waals surface area contributed by atoms with Crippen LogP contribution in [0.15, 0.2) is 54.7 Å². The third-order valence-corrected chi connectivity index (χ3v) is 7.29. The number of nitrogens with one attached hydrogen (secondary N) is 2. The van der Waals surface area contributed by atoms with Gasteiger partial charge >= 0.3 is 0 Å². The Morgan fingerprint density at radius 3 is 2.61 bits per heavy atom. The standard InChI is InChI=1S/C31H36N4O3/c1-31(2,3)24-14-19(18-32)13-23(15-24)30(37)34-25-10-8-20-9-11-26(17-22(20)16-25)38-27-5-4-12-33-28(27)35-29(36)21-6-7-21/h4-5,9,11-15,17,21,25H,6-8,10,16,18,32H2,1-3H3,(H,34,37)(H,33,35,36). The minimum atomic E-state index is -0.0742. The van der Waals surface area contributed by atoms with E-state index in [1.165, 1.54) is 5.56 Å². The number of benzene rings is 2. The minimum Gasteiger partial charge on any atom is -0.453 e. The van der Waals surface area contributed by atoms with Gasteiger partial charge in [-0.15, -0.1) is 0 Å². The van der Waals surface area contributed by atoms with Gasteiger partial charge in [-0.1, -0.05) is 32.9 Å². The van der Waals surface area contributed by atoms with Crippen molar-refractivity contribution in [3.8, 4) is 11.5 Å². The summed E-state index contributed by atoms with van der Waals surface area (Å²) in [7, 11) is 0. The number of carbonyl (C=O) groups is 2. The molecule has 0 bridgehead atoms. The van der Waals surface area contributed by atoms with Crippen molar-refractivity contribution in [2.24, 2.45) is 11.7 Å². The Morgan fingerprint density at radius 1 is 1.05 bits per heavy atom. The van der Waals surface area contributed by atoms with Crippen LogP contribution in [0.25, 0.3) is 0 Å². The lowest BCUT2D eigenvalue weighted by molar-refractivity contribution is -0.117. The summed E-state index contributed by atoms with van der Waals surface area (Å²) in [5, 5.41) is 6.13. The number of fused-ring (bicyclic) bond motifs is 1. The number of carbonyl (C=O) groups excluding carboxylic acids is 2. The molecule has 2 amide bonds. The summed E-state index contributed by atoms with van der Waals surface area (Å²) < 4.78 is 6.16. The number of nitrogens with two attached hydrogens (primary N) is 1. The number of aryl methyl sites for hydroxylation is 1. The summed E-state index contributed by atoms with van der Waals surface area (Å²) >= 11 is 0. The fraction of sp³-hybridized carbons (Fsp3) is 0.387. The van der Waals surface area contributed by atoms with Crippen molar-refractivity contribution in [1.82, 2.24) is 10.3 Å². The fourth-order valence-electron chi connectivity index (χ4n) is 4.82. The molecule has 5 rings (SSSR count). The van der Waals surface area contributed by atoms with Crippen molar-refractivity contribution in [3.05, 3.63) is 82.5 Å². The van der Waals surface area contributed by atoms with Crippen molar-refractivity contribution < 1.29 is 14.3 Å². The monoisotopic (exact) mass is 512 g/mol. The van der Waals surface area contributed by atoms with Crippen LogP contribution < -0.4 is 21.1 Å². The van der Waals surface area contributed by atoms with Crippen LogP contribution in [0, 0.1) is 5.92 Å². The summed E-state index contributed by atoms with van der Waals surface area (Å²) in [5.41, 5.74) is 11.0. The molecule has 4 N–H and O–H groups in total. The van der Waals surface area contributed by atoms with E-state index >= 15 is 0 Å². The molecule has 1 heterocycles. The summed E-state index contributed by atoms with van der Waals surface area (Å²) in [6.07, 6.45) is 5.97. The summed E-state index contributed by atoms with van der Waals surface area (Å²) in [5.74, 6) is 1.62. The Kier molecular flexibility index (Phi) is 7.21. The lowest BCUT2D eigenvalue weighted by Gasteiger charge is -2.27. The van der Waals surface area contributed by atoms with E-state index in [0.29, 0.717) is 29.4 Å². The normalized spacial score (nSPS) is 16.9. The first kappa shape index (κ1) is 25.9. The van der Waals surface area contributed by atoms with Gasteiger partial charge in [-0.25, -0.2) is 4.98 Å². The molecule has 0 spiro atoms. The van der Waals surface area contributed by atoms with Crippen LogP contribution in [-0.2, 0) is 29.6 Å². The molecule has 1 unspecified atom stereocenters. The number of anilines is 1. The van der Waals surface area contributed by atoms with Gasteiger partial charge in [0, 0.05) is 30.3 Å². The lowest BCUT2D eigenvalue weighted by Crippen LogP contribution is -2.39. The first-order valence-corrected chi connectivity index (χ1v) is 13.4. The van der Waals surface area contributed by atoms with E-state index in [9.17, 15) is 9.59 Å². The first-order valence-electron chi connectivity index (χ1n) is 13.4. The van der Waals surface area contributed by atoms with Crippen molar-refractivity contribution in [2.75, 3.05) is 5.32 Å². The Morgan fingerprint density at radius 2 is 1.87 bits per heavy atom. The average molecular weight is 513 g/mol. The van der Waals surface area contributed by atoms with Crippen LogP contribution in [-0.4, -0.2) is 22.8 Å². The second kappa shape index (κ2) is 10.6. The van der Waals surface area contributed by atoms with Crippen molar-refractivity contribution in [3.63, 3.8) is 0 Å². The molecule has 1 fully saturated rings. The molecular weight excluding hydrogens is 476 g/mol. The Balaban J connectivity index is 1.28. The summed E-state index contributed by atoms with van der Waals surface area (Å²) in [6.45, 7) is 6.80. The third-order valence-electron chi connectivity index (χ3n) is 7.29. The number of amides is 2. The predicted octanol–water partition coefficient (Wildman–Crippen LogP) is 5.27. The first-order chi connectivity index (χ1) is 18.2. The highest BCUT2D eigenvalue weighted by Crippen LogP contribution is 2.34. The molecule has 0 aliphatic heterocycles. The Bertz CT molecular complexity index is 1360. The molecule has 2 aliphatic carbocycles. The van der Waals surface area contributed by atoms with Crippen LogP contribution in [0.3, 0.4) is 0 Å². The molecule has 1 atom stereocenters. The van der Waals surface area contributed by atoms with E-state index in [1.54, 1.807) is 18.3 Å². The van der Waals surface area contributed by atoms with Crippen LogP contribution in [0.2, 0.25) is 0 Å². The highest BCUT2D eigenvalue weighted by molar-refractivity contribution is 5.95. The van der Waals surface area contributed by atoms with Gasteiger partial charge in [-0.05, 0) is 96.2 Å². The van der Waals surface area contributed by atoms with Gasteiger partial charge in [0.1, 0.15) is 5.75 Å². The van der Waals surface area contributed by atoms with Gasteiger partial charge in [-0.2, -0.15) is 0 Å². The van der Waals surface area contributed by atoms with Gasteiger partial charge in [0.05, 0.1) is 0 Å². The van der Waals surface area contributed by atoms with Gasteiger partial charge in [0.25, 0.3) is 5.91 Å². The van der Waals surface area contributed by atoms with E-state index in [4.69, 9.17) is 10.5 Å². The van der Waals surface area contributed by atoms with Gasteiger partial charge in [-0.3, -0.25) is 9.59 Å². The van der Waals surface area contributed by atoms with Crippen LogP contribution in [0.5, 0.6) is 11.5 Å².